The lowest BCUT2D eigenvalue weighted by molar-refractivity contribution is -0.118. The molecule has 0 amide bonds. The summed E-state index contributed by atoms with van der Waals surface area (Å²) in [6.45, 7) is 6.19. The molecule has 0 heterocycles. The van der Waals surface area contributed by atoms with Gasteiger partial charge in [-0.2, -0.15) is 0 Å². The summed E-state index contributed by atoms with van der Waals surface area (Å²) in [7, 11) is 0. The minimum atomic E-state index is -0.0914. The Morgan fingerprint density at radius 2 is 2.11 bits per heavy atom. The largest absolute Gasteiger partial charge is 0.491 e. The third-order valence-electron chi connectivity index (χ3n) is 3.07. The molecule has 2 unspecified atom stereocenters. The Hall–Kier alpha value is -0.830. The second kappa shape index (κ2) is 8.36. The molecule has 1 aromatic rings. The van der Waals surface area contributed by atoms with E-state index >= 15 is 0 Å². The first-order valence-corrected chi connectivity index (χ1v) is 7.90. The molecule has 1 aromatic carbocycles. The number of benzene rings is 1. The Bertz CT molecular complexity index is 403. The van der Waals surface area contributed by atoms with Crippen LogP contribution >= 0.6 is 15.9 Å². The average molecular weight is 327 g/mol. The molecule has 2 atom stereocenters. The SMILES string of the molecule is CCCC(=O)C(Br)Cc1cccc(OC(C)CC)c1. The molecular formula is C16H23BrO2. The van der Waals surface area contributed by atoms with Crippen molar-refractivity contribution in [1.29, 1.82) is 0 Å². The maximum atomic E-state index is 11.8. The minimum absolute atomic E-state index is 0.0914. The van der Waals surface area contributed by atoms with Gasteiger partial charge in [0.1, 0.15) is 11.5 Å². The predicted molar refractivity (Wildman–Crippen MR) is 83.2 cm³/mol. The van der Waals surface area contributed by atoms with Gasteiger partial charge in [0, 0.05) is 6.42 Å². The Balaban J connectivity index is 2.63. The fourth-order valence-corrected chi connectivity index (χ4v) is 2.39. The van der Waals surface area contributed by atoms with E-state index in [4.69, 9.17) is 4.74 Å². The third-order valence-corrected chi connectivity index (χ3v) is 3.91. The summed E-state index contributed by atoms with van der Waals surface area (Å²) < 4.78 is 5.79. The molecule has 2 nitrogen and oxygen atoms in total. The molecule has 0 aliphatic heterocycles. The topological polar surface area (TPSA) is 26.3 Å². The first kappa shape index (κ1) is 16.2. The van der Waals surface area contributed by atoms with E-state index in [1.807, 2.05) is 31.2 Å². The van der Waals surface area contributed by atoms with Crippen molar-refractivity contribution < 1.29 is 9.53 Å². The highest BCUT2D eigenvalue weighted by molar-refractivity contribution is 9.10. The van der Waals surface area contributed by atoms with E-state index in [2.05, 4.69) is 29.8 Å². The summed E-state index contributed by atoms with van der Waals surface area (Å²) in [5, 5.41) is 0. The van der Waals surface area contributed by atoms with Gasteiger partial charge >= 0.3 is 0 Å². The van der Waals surface area contributed by atoms with Gasteiger partial charge in [0.25, 0.3) is 0 Å². The highest BCUT2D eigenvalue weighted by atomic mass is 79.9. The van der Waals surface area contributed by atoms with Crippen LogP contribution in [0.4, 0.5) is 0 Å². The van der Waals surface area contributed by atoms with Crippen LogP contribution in [0.2, 0.25) is 0 Å². The molecule has 0 aliphatic rings. The van der Waals surface area contributed by atoms with Gasteiger partial charge < -0.3 is 4.74 Å². The normalized spacial score (nSPS) is 13.9. The molecule has 0 saturated carbocycles. The molecule has 19 heavy (non-hydrogen) atoms. The van der Waals surface area contributed by atoms with Gasteiger partial charge in [0.15, 0.2) is 0 Å². The number of ether oxygens (including phenoxy) is 1. The van der Waals surface area contributed by atoms with Crippen molar-refractivity contribution in [2.75, 3.05) is 0 Å². The van der Waals surface area contributed by atoms with Gasteiger partial charge in [0.2, 0.25) is 0 Å². The van der Waals surface area contributed by atoms with Crippen LogP contribution in [0, 0.1) is 0 Å². The van der Waals surface area contributed by atoms with Crippen molar-refractivity contribution in [2.45, 2.75) is 57.4 Å². The second-order valence-electron chi connectivity index (χ2n) is 4.87. The first-order chi connectivity index (χ1) is 9.06. The van der Waals surface area contributed by atoms with Crippen molar-refractivity contribution in [3.63, 3.8) is 0 Å². The lowest BCUT2D eigenvalue weighted by atomic mass is 10.0. The second-order valence-corrected chi connectivity index (χ2v) is 5.98. The van der Waals surface area contributed by atoms with Gasteiger partial charge in [-0.15, -0.1) is 0 Å². The van der Waals surface area contributed by atoms with Crippen LogP contribution in [0.25, 0.3) is 0 Å². The standard InChI is InChI=1S/C16H23BrO2/c1-4-7-16(18)15(17)11-13-8-6-9-14(10-13)19-12(3)5-2/h6,8-10,12,15H,4-5,7,11H2,1-3H3. The van der Waals surface area contributed by atoms with Gasteiger partial charge in [-0.3, -0.25) is 4.79 Å². The van der Waals surface area contributed by atoms with Crippen LogP contribution < -0.4 is 4.74 Å². The number of Topliss-reactive ketones (excluding diaryl/α,β-unsaturated/α-hetero) is 1. The van der Waals surface area contributed by atoms with E-state index in [1.165, 1.54) is 0 Å². The molecule has 0 aromatic heterocycles. The zero-order valence-corrected chi connectivity index (χ0v) is 13.6. The molecule has 0 bridgehead atoms. The predicted octanol–water partition coefficient (Wildman–Crippen LogP) is 4.54. The summed E-state index contributed by atoms with van der Waals surface area (Å²) >= 11 is 3.48. The van der Waals surface area contributed by atoms with Crippen molar-refractivity contribution in [2.24, 2.45) is 0 Å². The number of hydrogen-bond donors (Lipinski definition) is 0. The fraction of sp³-hybridized carbons (Fsp3) is 0.562. The van der Waals surface area contributed by atoms with Crippen LogP contribution in [0.3, 0.4) is 0 Å². The highest BCUT2D eigenvalue weighted by Crippen LogP contribution is 2.19. The average Bonchev–Trinajstić information content (AvgIpc) is 2.39. The van der Waals surface area contributed by atoms with Crippen molar-refractivity contribution in [3.05, 3.63) is 29.8 Å². The number of ketones is 1. The minimum Gasteiger partial charge on any atom is -0.491 e. The lowest BCUT2D eigenvalue weighted by Gasteiger charge is -2.14. The van der Waals surface area contributed by atoms with E-state index in [-0.39, 0.29) is 16.7 Å². The molecular weight excluding hydrogens is 304 g/mol. The van der Waals surface area contributed by atoms with E-state index in [0.29, 0.717) is 6.42 Å². The van der Waals surface area contributed by atoms with E-state index < -0.39 is 0 Å². The molecule has 0 radical (unpaired) electrons. The lowest BCUT2D eigenvalue weighted by Crippen LogP contribution is -2.16. The molecule has 0 N–H and O–H groups in total. The number of carbonyl (C=O) groups excluding carboxylic acids is 1. The summed E-state index contributed by atoms with van der Waals surface area (Å²) in [6.07, 6.45) is 3.46. The molecule has 0 aliphatic carbocycles. The Labute approximate surface area is 124 Å². The Kier molecular flexibility index (Phi) is 7.14. The van der Waals surface area contributed by atoms with Crippen LogP contribution in [0.1, 0.15) is 45.6 Å². The maximum Gasteiger partial charge on any atom is 0.146 e. The Morgan fingerprint density at radius 3 is 2.74 bits per heavy atom. The summed E-state index contributed by atoms with van der Waals surface area (Å²) in [5.74, 6) is 1.16. The van der Waals surface area contributed by atoms with E-state index in [0.717, 1.165) is 30.6 Å². The maximum absolute atomic E-state index is 11.8. The van der Waals surface area contributed by atoms with E-state index in [1.54, 1.807) is 0 Å². The molecule has 106 valence electrons. The third kappa shape index (κ3) is 5.77. The molecule has 3 heteroatoms. The molecule has 0 fully saturated rings. The fourth-order valence-electron chi connectivity index (χ4n) is 1.79. The van der Waals surface area contributed by atoms with Crippen LogP contribution in [-0.4, -0.2) is 16.7 Å². The quantitative estimate of drug-likeness (QED) is 0.655. The van der Waals surface area contributed by atoms with Crippen molar-refractivity contribution in [1.82, 2.24) is 0 Å². The monoisotopic (exact) mass is 326 g/mol. The Morgan fingerprint density at radius 1 is 1.37 bits per heavy atom. The van der Waals surface area contributed by atoms with Gasteiger partial charge in [-0.05, 0) is 43.9 Å². The first-order valence-electron chi connectivity index (χ1n) is 6.99. The number of halogens is 1. The van der Waals surface area contributed by atoms with Crippen LogP contribution in [0.15, 0.2) is 24.3 Å². The van der Waals surface area contributed by atoms with Crippen LogP contribution in [-0.2, 0) is 11.2 Å². The van der Waals surface area contributed by atoms with Crippen molar-refractivity contribution >= 4 is 21.7 Å². The number of carbonyl (C=O) groups is 1. The van der Waals surface area contributed by atoms with Gasteiger partial charge in [-0.25, -0.2) is 0 Å². The smallest absolute Gasteiger partial charge is 0.146 e. The molecule has 0 saturated heterocycles. The van der Waals surface area contributed by atoms with Crippen molar-refractivity contribution in [3.8, 4) is 5.75 Å². The zero-order valence-electron chi connectivity index (χ0n) is 12.0. The highest BCUT2D eigenvalue weighted by Gasteiger charge is 2.14. The van der Waals surface area contributed by atoms with Crippen LogP contribution in [0.5, 0.6) is 5.75 Å². The number of hydrogen-bond acceptors (Lipinski definition) is 2. The van der Waals surface area contributed by atoms with Gasteiger partial charge in [0.05, 0.1) is 10.9 Å². The zero-order chi connectivity index (χ0) is 14.3. The number of alkyl halides is 1. The number of rotatable bonds is 8. The molecule has 1 rings (SSSR count). The summed E-state index contributed by atoms with van der Waals surface area (Å²) in [6, 6.07) is 8.01. The van der Waals surface area contributed by atoms with Gasteiger partial charge in [-0.1, -0.05) is 41.9 Å². The summed E-state index contributed by atoms with van der Waals surface area (Å²) in [4.78, 5) is 11.7. The van der Waals surface area contributed by atoms with E-state index in [9.17, 15) is 4.79 Å². The molecule has 0 spiro atoms. The summed E-state index contributed by atoms with van der Waals surface area (Å²) in [5.41, 5.74) is 1.13.